The molecular formula is C25H25ClFN7. The van der Waals surface area contributed by atoms with E-state index in [1.807, 2.05) is 30.5 Å². The Morgan fingerprint density at radius 2 is 1.91 bits per heavy atom. The van der Waals surface area contributed by atoms with Crippen LogP contribution in [0.3, 0.4) is 0 Å². The number of pyridine rings is 2. The van der Waals surface area contributed by atoms with E-state index in [4.69, 9.17) is 22.3 Å². The fraction of sp³-hybridized carbons (Fsp3) is 0.360. The Bertz CT molecular complexity index is 1420. The van der Waals surface area contributed by atoms with Gasteiger partial charge >= 0.3 is 0 Å². The van der Waals surface area contributed by atoms with Crippen LogP contribution in [-0.4, -0.2) is 37.7 Å². The molecule has 1 aliphatic heterocycles. The van der Waals surface area contributed by atoms with Crippen LogP contribution in [0.5, 0.6) is 0 Å². The highest BCUT2D eigenvalue weighted by molar-refractivity contribution is 6.33. The largest absolute Gasteiger partial charge is 0.355 e. The Labute approximate surface area is 201 Å². The molecule has 0 amide bonds. The number of aryl methyl sites for hydroxylation is 2. The second kappa shape index (κ2) is 7.71. The van der Waals surface area contributed by atoms with Crippen LogP contribution in [0.1, 0.15) is 41.5 Å². The molecule has 1 atom stereocenters. The lowest BCUT2D eigenvalue weighted by atomic mass is 9.73. The number of aromatic nitrogens is 5. The van der Waals surface area contributed by atoms with Crippen molar-refractivity contribution in [1.29, 1.82) is 0 Å². The van der Waals surface area contributed by atoms with Gasteiger partial charge in [-0.25, -0.2) is 13.9 Å². The van der Waals surface area contributed by atoms with Gasteiger partial charge in [-0.1, -0.05) is 11.6 Å². The fourth-order valence-corrected chi connectivity index (χ4v) is 5.87. The van der Waals surface area contributed by atoms with Gasteiger partial charge in [-0.3, -0.25) is 9.97 Å². The Hall–Kier alpha value is -3.10. The molecule has 0 unspecified atom stereocenters. The van der Waals surface area contributed by atoms with Crippen LogP contribution in [0.2, 0.25) is 5.02 Å². The standard InChI is InChI=1S/C25H25ClFN7/c1-14-21(26)17(3-7-29-14)22-15(2)32-24(20-4-8-31-34(20)22)33-9-5-25(6-10-33)12-19-18(23(25)28)11-16(27)13-30-19/h3-4,7-8,11,13,23H,5-6,9-10,12,28H2,1-2H3/t23-/m1/s1. The Morgan fingerprint density at radius 1 is 1.12 bits per heavy atom. The van der Waals surface area contributed by atoms with Crippen molar-refractivity contribution in [3.05, 3.63) is 70.3 Å². The minimum Gasteiger partial charge on any atom is -0.355 e. The van der Waals surface area contributed by atoms with Gasteiger partial charge in [0.25, 0.3) is 0 Å². The van der Waals surface area contributed by atoms with Crippen molar-refractivity contribution in [2.24, 2.45) is 11.1 Å². The summed E-state index contributed by atoms with van der Waals surface area (Å²) in [5.41, 5.74) is 12.6. The van der Waals surface area contributed by atoms with Gasteiger partial charge in [0.05, 0.1) is 34.5 Å². The molecule has 5 heterocycles. The summed E-state index contributed by atoms with van der Waals surface area (Å²) in [5.74, 6) is 0.583. The van der Waals surface area contributed by atoms with Crippen molar-refractivity contribution in [3.8, 4) is 11.3 Å². The Kier molecular flexibility index (Phi) is 4.86. The van der Waals surface area contributed by atoms with Gasteiger partial charge in [-0.05, 0) is 62.3 Å². The van der Waals surface area contributed by atoms with Crippen LogP contribution >= 0.6 is 11.6 Å². The van der Waals surface area contributed by atoms with Gasteiger partial charge in [-0.15, -0.1) is 0 Å². The average Bonchev–Trinajstić information content (AvgIpc) is 3.40. The molecule has 0 saturated carbocycles. The van der Waals surface area contributed by atoms with E-state index in [2.05, 4.69) is 20.0 Å². The normalized spacial score (nSPS) is 19.2. The van der Waals surface area contributed by atoms with E-state index in [9.17, 15) is 4.39 Å². The van der Waals surface area contributed by atoms with Crippen molar-refractivity contribution >= 4 is 22.9 Å². The summed E-state index contributed by atoms with van der Waals surface area (Å²) in [6, 6.07) is 5.25. The quantitative estimate of drug-likeness (QED) is 0.459. The minimum absolute atomic E-state index is 0.0900. The summed E-state index contributed by atoms with van der Waals surface area (Å²) in [6.07, 6.45) is 7.42. The predicted octanol–water partition coefficient (Wildman–Crippen LogP) is 4.44. The summed E-state index contributed by atoms with van der Waals surface area (Å²) < 4.78 is 15.7. The molecule has 2 aliphatic rings. The van der Waals surface area contributed by atoms with Crippen molar-refractivity contribution in [2.75, 3.05) is 18.0 Å². The number of hydrogen-bond donors (Lipinski definition) is 1. The highest BCUT2D eigenvalue weighted by atomic mass is 35.5. The number of hydrogen-bond acceptors (Lipinski definition) is 6. The minimum atomic E-state index is -0.323. The molecule has 1 spiro atoms. The molecule has 34 heavy (non-hydrogen) atoms. The summed E-state index contributed by atoms with van der Waals surface area (Å²) >= 11 is 6.60. The zero-order chi connectivity index (χ0) is 23.6. The number of rotatable bonds is 2. The topological polar surface area (TPSA) is 85.2 Å². The van der Waals surface area contributed by atoms with Gasteiger partial charge in [-0.2, -0.15) is 5.10 Å². The van der Waals surface area contributed by atoms with Crippen LogP contribution in [0, 0.1) is 25.1 Å². The predicted molar refractivity (Wildman–Crippen MR) is 129 cm³/mol. The third-order valence-electron chi connectivity index (χ3n) is 7.56. The molecule has 0 aromatic carbocycles. The third-order valence-corrected chi connectivity index (χ3v) is 8.04. The maximum Gasteiger partial charge on any atom is 0.155 e. The van der Waals surface area contributed by atoms with Crippen LogP contribution in [0.4, 0.5) is 10.2 Å². The van der Waals surface area contributed by atoms with Gasteiger partial charge in [0, 0.05) is 36.6 Å². The second-order valence-corrected chi connectivity index (χ2v) is 9.83. The summed E-state index contributed by atoms with van der Waals surface area (Å²) in [6.45, 7) is 5.50. The van der Waals surface area contributed by atoms with Crippen molar-refractivity contribution in [2.45, 2.75) is 39.2 Å². The number of fused-ring (bicyclic) bond motifs is 2. The van der Waals surface area contributed by atoms with Gasteiger partial charge in [0.15, 0.2) is 5.82 Å². The third kappa shape index (κ3) is 3.12. The van der Waals surface area contributed by atoms with Gasteiger partial charge < -0.3 is 10.6 Å². The maximum atomic E-state index is 13.8. The van der Waals surface area contributed by atoms with Crippen molar-refractivity contribution in [1.82, 2.24) is 24.6 Å². The summed E-state index contributed by atoms with van der Waals surface area (Å²) in [7, 11) is 0. The molecule has 4 aromatic heterocycles. The molecule has 1 aliphatic carbocycles. The second-order valence-electron chi connectivity index (χ2n) is 9.45. The molecule has 6 rings (SSSR count). The molecule has 2 N–H and O–H groups in total. The smallest absolute Gasteiger partial charge is 0.155 e. The first-order valence-electron chi connectivity index (χ1n) is 11.5. The Morgan fingerprint density at radius 3 is 2.71 bits per heavy atom. The number of piperidine rings is 1. The SMILES string of the molecule is Cc1nccc(-c2c(C)nc(N3CCC4(CC3)Cc3ncc(F)cc3[C@H]4N)c3ccnn23)c1Cl. The van der Waals surface area contributed by atoms with E-state index >= 15 is 0 Å². The molecule has 174 valence electrons. The molecule has 4 aromatic rings. The van der Waals surface area contributed by atoms with Crippen LogP contribution < -0.4 is 10.6 Å². The zero-order valence-corrected chi connectivity index (χ0v) is 19.8. The first-order chi connectivity index (χ1) is 16.4. The molecule has 7 nitrogen and oxygen atoms in total. The highest BCUT2D eigenvalue weighted by Gasteiger charge is 2.47. The molecule has 0 radical (unpaired) electrons. The van der Waals surface area contributed by atoms with Crippen LogP contribution in [0.25, 0.3) is 16.8 Å². The molecule has 9 heteroatoms. The number of nitrogens with two attached hydrogens (primary N) is 1. The number of halogens is 2. The molecule has 0 bridgehead atoms. The van der Waals surface area contributed by atoms with E-state index in [0.29, 0.717) is 5.02 Å². The van der Waals surface area contributed by atoms with E-state index in [1.54, 1.807) is 18.5 Å². The first kappa shape index (κ1) is 21.4. The number of nitrogens with zero attached hydrogens (tertiary/aromatic N) is 6. The molecule has 1 fully saturated rings. The molecule has 1 saturated heterocycles. The average molecular weight is 478 g/mol. The lowest BCUT2D eigenvalue weighted by Gasteiger charge is -2.42. The first-order valence-corrected chi connectivity index (χ1v) is 11.9. The van der Waals surface area contributed by atoms with Crippen LogP contribution in [0.15, 0.2) is 36.8 Å². The van der Waals surface area contributed by atoms with Gasteiger partial charge in [0.1, 0.15) is 11.3 Å². The maximum absolute atomic E-state index is 13.8. The molecular weight excluding hydrogens is 453 g/mol. The van der Waals surface area contributed by atoms with E-state index in [1.165, 1.54) is 6.20 Å². The van der Waals surface area contributed by atoms with E-state index in [0.717, 1.165) is 77.6 Å². The van der Waals surface area contributed by atoms with Crippen molar-refractivity contribution < 1.29 is 4.39 Å². The van der Waals surface area contributed by atoms with E-state index < -0.39 is 0 Å². The lowest BCUT2D eigenvalue weighted by Crippen LogP contribution is -2.44. The van der Waals surface area contributed by atoms with E-state index in [-0.39, 0.29) is 17.3 Å². The van der Waals surface area contributed by atoms with Crippen molar-refractivity contribution in [3.63, 3.8) is 0 Å². The Balaban J connectivity index is 1.33. The van der Waals surface area contributed by atoms with Crippen LogP contribution in [-0.2, 0) is 6.42 Å². The number of anilines is 1. The van der Waals surface area contributed by atoms with Gasteiger partial charge in [0.2, 0.25) is 0 Å². The lowest BCUT2D eigenvalue weighted by molar-refractivity contribution is 0.186. The zero-order valence-electron chi connectivity index (χ0n) is 19.1. The monoisotopic (exact) mass is 477 g/mol. The fourth-order valence-electron chi connectivity index (χ4n) is 5.67. The summed E-state index contributed by atoms with van der Waals surface area (Å²) in [4.78, 5) is 15.9. The highest BCUT2D eigenvalue weighted by Crippen LogP contribution is 2.50. The summed E-state index contributed by atoms with van der Waals surface area (Å²) in [5, 5.41) is 5.22.